The zero-order chi connectivity index (χ0) is 18.4. The lowest BCUT2D eigenvalue weighted by molar-refractivity contribution is -0.166. The topological polar surface area (TPSA) is 35.5 Å². The van der Waals surface area contributed by atoms with Crippen LogP contribution in [0.1, 0.15) is 16.7 Å². The fourth-order valence-electron chi connectivity index (χ4n) is 2.93. The van der Waals surface area contributed by atoms with Crippen molar-refractivity contribution in [3.63, 3.8) is 0 Å². The normalized spacial score (nSPS) is 11.2. The molecular weight excluding hydrogens is 348 g/mol. The van der Waals surface area contributed by atoms with E-state index in [2.05, 4.69) is 0 Å². The molecule has 3 aromatic carbocycles. The molecule has 0 bridgehead atoms. The van der Waals surface area contributed by atoms with Gasteiger partial charge in [0.1, 0.15) is 6.61 Å². The number of hydrogen-bond acceptors (Lipinski definition) is 3. The Labute approximate surface area is 158 Å². The highest BCUT2D eigenvalue weighted by atomic mass is 35.5. The molecular formula is C22H19ClO3. The predicted octanol–water partition coefficient (Wildman–Crippen LogP) is 4.97. The monoisotopic (exact) mass is 366 g/mol. The minimum Gasteiger partial charge on any atom is -0.458 e. The second kappa shape index (κ2) is 8.17. The fourth-order valence-corrected chi connectivity index (χ4v) is 3.12. The van der Waals surface area contributed by atoms with E-state index in [1.54, 1.807) is 6.07 Å². The first-order valence-corrected chi connectivity index (χ1v) is 8.63. The first kappa shape index (κ1) is 18.2. The van der Waals surface area contributed by atoms with Gasteiger partial charge in [0.25, 0.3) is 0 Å². The van der Waals surface area contributed by atoms with E-state index in [1.165, 1.54) is 7.11 Å². The summed E-state index contributed by atoms with van der Waals surface area (Å²) < 4.78 is 11.4. The smallest absolute Gasteiger partial charge is 0.348 e. The second-order valence-corrected chi connectivity index (χ2v) is 6.19. The molecule has 3 aromatic rings. The standard InChI is InChI=1S/C22H19ClO3/c1-25-22(18-11-4-2-5-12-18,19-13-6-3-7-14-19)21(24)26-16-17-10-8-9-15-20(17)23/h2-15H,16H2,1H3. The molecule has 3 rings (SSSR count). The molecule has 0 saturated heterocycles. The lowest BCUT2D eigenvalue weighted by Gasteiger charge is -2.31. The maximum Gasteiger partial charge on any atom is 0.348 e. The van der Waals surface area contributed by atoms with Crippen molar-refractivity contribution in [3.8, 4) is 0 Å². The van der Waals surface area contributed by atoms with Gasteiger partial charge in [0.05, 0.1) is 0 Å². The Balaban J connectivity index is 1.98. The van der Waals surface area contributed by atoms with Gasteiger partial charge in [-0.05, 0) is 17.2 Å². The first-order chi connectivity index (χ1) is 12.7. The molecule has 0 aliphatic heterocycles. The number of benzene rings is 3. The number of halogens is 1. The van der Waals surface area contributed by atoms with E-state index in [-0.39, 0.29) is 6.61 Å². The molecule has 0 atom stereocenters. The molecule has 0 saturated carbocycles. The van der Waals surface area contributed by atoms with E-state index in [4.69, 9.17) is 21.1 Å². The number of rotatable bonds is 6. The van der Waals surface area contributed by atoms with Crippen LogP contribution >= 0.6 is 11.6 Å². The minimum atomic E-state index is -1.34. The average molecular weight is 367 g/mol. The Morgan fingerprint density at radius 1 is 0.846 bits per heavy atom. The van der Waals surface area contributed by atoms with Gasteiger partial charge in [-0.3, -0.25) is 0 Å². The number of carbonyl (C=O) groups excluding carboxylic acids is 1. The highest BCUT2D eigenvalue weighted by molar-refractivity contribution is 6.31. The van der Waals surface area contributed by atoms with Gasteiger partial charge in [-0.2, -0.15) is 0 Å². The Hall–Kier alpha value is -2.62. The molecule has 0 aliphatic carbocycles. The van der Waals surface area contributed by atoms with E-state index in [0.717, 1.165) is 5.56 Å². The van der Waals surface area contributed by atoms with Crippen LogP contribution in [0.5, 0.6) is 0 Å². The molecule has 0 amide bonds. The molecule has 132 valence electrons. The molecule has 0 unspecified atom stereocenters. The van der Waals surface area contributed by atoms with Crippen LogP contribution in [0.4, 0.5) is 0 Å². The van der Waals surface area contributed by atoms with Crippen molar-refractivity contribution in [2.45, 2.75) is 12.2 Å². The van der Waals surface area contributed by atoms with E-state index < -0.39 is 11.6 Å². The van der Waals surface area contributed by atoms with Crippen molar-refractivity contribution < 1.29 is 14.3 Å². The Morgan fingerprint density at radius 2 is 1.35 bits per heavy atom. The van der Waals surface area contributed by atoms with Crippen LogP contribution in [0.25, 0.3) is 0 Å². The van der Waals surface area contributed by atoms with Crippen LogP contribution in [0.15, 0.2) is 84.9 Å². The quantitative estimate of drug-likeness (QED) is 0.577. The van der Waals surface area contributed by atoms with Crippen molar-refractivity contribution in [2.75, 3.05) is 7.11 Å². The summed E-state index contributed by atoms with van der Waals surface area (Å²) in [6, 6.07) is 26.0. The fraction of sp³-hybridized carbons (Fsp3) is 0.136. The SMILES string of the molecule is COC(C(=O)OCc1ccccc1Cl)(c1ccccc1)c1ccccc1. The zero-order valence-corrected chi connectivity index (χ0v) is 15.1. The maximum absolute atomic E-state index is 13.2. The highest BCUT2D eigenvalue weighted by Crippen LogP contribution is 2.35. The van der Waals surface area contributed by atoms with Crippen molar-refractivity contribution in [1.29, 1.82) is 0 Å². The number of esters is 1. The Morgan fingerprint density at radius 3 is 1.85 bits per heavy atom. The molecule has 0 radical (unpaired) electrons. The van der Waals surface area contributed by atoms with Gasteiger partial charge in [-0.15, -0.1) is 0 Å². The molecule has 0 N–H and O–H groups in total. The van der Waals surface area contributed by atoms with Crippen LogP contribution in [-0.4, -0.2) is 13.1 Å². The number of carbonyl (C=O) groups is 1. The zero-order valence-electron chi connectivity index (χ0n) is 14.4. The minimum absolute atomic E-state index is 0.0727. The summed E-state index contributed by atoms with van der Waals surface area (Å²) in [5.41, 5.74) is 0.813. The molecule has 0 aliphatic rings. The van der Waals surface area contributed by atoms with Crippen LogP contribution in [0, 0.1) is 0 Å². The summed E-state index contributed by atoms with van der Waals surface area (Å²) >= 11 is 6.17. The second-order valence-electron chi connectivity index (χ2n) is 5.78. The third kappa shape index (κ3) is 3.50. The van der Waals surface area contributed by atoms with Gasteiger partial charge in [0.2, 0.25) is 5.60 Å². The summed E-state index contributed by atoms with van der Waals surface area (Å²) in [5, 5.41) is 0.558. The van der Waals surface area contributed by atoms with Gasteiger partial charge in [-0.1, -0.05) is 90.5 Å². The van der Waals surface area contributed by atoms with Crippen molar-refractivity contribution in [3.05, 3.63) is 107 Å². The largest absolute Gasteiger partial charge is 0.458 e. The molecule has 26 heavy (non-hydrogen) atoms. The third-order valence-electron chi connectivity index (χ3n) is 4.27. The molecule has 4 heteroatoms. The van der Waals surface area contributed by atoms with E-state index in [9.17, 15) is 4.79 Å². The summed E-state index contributed by atoms with van der Waals surface area (Å²) in [6.45, 7) is 0.0727. The molecule has 0 fully saturated rings. The Kier molecular flexibility index (Phi) is 5.71. The maximum atomic E-state index is 13.2. The number of hydrogen-bond donors (Lipinski definition) is 0. The van der Waals surface area contributed by atoms with Gasteiger partial charge in [0.15, 0.2) is 0 Å². The summed E-state index contributed by atoms with van der Waals surface area (Å²) in [6.07, 6.45) is 0. The molecule has 0 spiro atoms. The summed E-state index contributed by atoms with van der Waals surface area (Å²) in [7, 11) is 1.51. The number of methoxy groups -OCH3 is 1. The van der Waals surface area contributed by atoms with Crippen molar-refractivity contribution >= 4 is 17.6 Å². The van der Waals surface area contributed by atoms with Crippen LogP contribution in [0.2, 0.25) is 5.02 Å². The van der Waals surface area contributed by atoms with E-state index >= 15 is 0 Å². The lowest BCUT2D eigenvalue weighted by Crippen LogP contribution is -2.40. The van der Waals surface area contributed by atoms with Gasteiger partial charge < -0.3 is 9.47 Å². The Bertz CT molecular complexity index is 823. The van der Waals surface area contributed by atoms with Crippen LogP contribution in [-0.2, 0) is 26.5 Å². The van der Waals surface area contributed by atoms with Crippen molar-refractivity contribution in [1.82, 2.24) is 0 Å². The molecule has 0 heterocycles. The predicted molar refractivity (Wildman–Crippen MR) is 102 cm³/mol. The average Bonchev–Trinajstić information content (AvgIpc) is 2.70. The van der Waals surface area contributed by atoms with E-state index in [1.807, 2.05) is 78.9 Å². The first-order valence-electron chi connectivity index (χ1n) is 8.25. The van der Waals surface area contributed by atoms with Crippen LogP contribution in [0.3, 0.4) is 0 Å². The van der Waals surface area contributed by atoms with Gasteiger partial charge >= 0.3 is 5.97 Å². The van der Waals surface area contributed by atoms with Crippen LogP contribution < -0.4 is 0 Å². The summed E-state index contributed by atoms with van der Waals surface area (Å²) in [5.74, 6) is -0.489. The molecule has 0 aromatic heterocycles. The third-order valence-corrected chi connectivity index (χ3v) is 4.64. The lowest BCUT2D eigenvalue weighted by atomic mass is 9.86. The van der Waals surface area contributed by atoms with Gasteiger partial charge in [-0.25, -0.2) is 4.79 Å². The number of ether oxygens (including phenoxy) is 2. The van der Waals surface area contributed by atoms with Gasteiger partial charge in [0, 0.05) is 17.7 Å². The summed E-state index contributed by atoms with van der Waals surface area (Å²) in [4.78, 5) is 13.2. The van der Waals surface area contributed by atoms with E-state index in [0.29, 0.717) is 16.1 Å². The molecule has 3 nitrogen and oxygen atoms in total. The van der Waals surface area contributed by atoms with Crippen molar-refractivity contribution in [2.24, 2.45) is 0 Å². The highest BCUT2D eigenvalue weighted by Gasteiger charge is 2.44.